The third-order valence-electron chi connectivity index (χ3n) is 1.28. The molecular weight excluding hydrogens is 190 g/mol. The van der Waals surface area contributed by atoms with E-state index in [0.29, 0.717) is 5.02 Å². The number of carbonyl (C=O) groups is 1. The molecule has 0 unspecified atom stereocenters. The molecule has 1 aromatic rings. The number of pyridine rings is 1. The maximum Gasteiger partial charge on any atom is 0.357 e. The molecule has 0 amide bonds. The van der Waals surface area contributed by atoms with E-state index in [1.54, 1.807) is 19.9 Å². The van der Waals surface area contributed by atoms with Crippen LogP contribution in [-0.2, 0) is 4.74 Å². The first-order valence-corrected chi connectivity index (χ1v) is 4.30. The van der Waals surface area contributed by atoms with Gasteiger partial charge in [0.1, 0.15) is 5.69 Å². The summed E-state index contributed by atoms with van der Waals surface area (Å²) in [6.07, 6.45) is 1.28. The highest BCUT2D eigenvalue weighted by molar-refractivity contribution is 6.30. The maximum atomic E-state index is 11.2. The van der Waals surface area contributed by atoms with Crippen LogP contribution >= 0.6 is 11.6 Å². The van der Waals surface area contributed by atoms with Crippen LogP contribution in [-0.4, -0.2) is 17.1 Å². The second-order valence-corrected chi connectivity index (χ2v) is 3.25. The minimum absolute atomic E-state index is 0.134. The van der Waals surface area contributed by atoms with Crippen molar-refractivity contribution in [3.05, 3.63) is 29.0 Å². The van der Waals surface area contributed by atoms with Gasteiger partial charge in [0, 0.05) is 6.20 Å². The van der Waals surface area contributed by atoms with Gasteiger partial charge in [0.05, 0.1) is 11.1 Å². The summed E-state index contributed by atoms with van der Waals surface area (Å²) in [6, 6.07) is 3.14. The monoisotopic (exact) mass is 199 g/mol. The Morgan fingerprint density at radius 2 is 2.23 bits per heavy atom. The Balaban J connectivity index is 2.72. The van der Waals surface area contributed by atoms with Gasteiger partial charge in [-0.25, -0.2) is 9.78 Å². The van der Waals surface area contributed by atoms with E-state index >= 15 is 0 Å². The number of aromatic nitrogens is 1. The molecule has 0 saturated carbocycles. The van der Waals surface area contributed by atoms with Crippen molar-refractivity contribution in [2.75, 3.05) is 0 Å². The lowest BCUT2D eigenvalue weighted by Gasteiger charge is -2.06. The Hall–Kier alpha value is -1.09. The lowest BCUT2D eigenvalue weighted by Crippen LogP contribution is -2.12. The van der Waals surface area contributed by atoms with Gasteiger partial charge in [-0.3, -0.25) is 0 Å². The maximum absolute atomic E-state index is 11.2. The second-order valence-electron chi connectivity index (χ2n) is 2.82. The Morgan fingerprint density at radius 1 is 1.54 bits per heavy atom. The molecule has 0 aliphatic heterocycles. The topological polar surface area (TPSA) is 39.2 Å². The van der Waals surface area contributed by atoms with E-state index in [2.05, 4.69) is 4.98 Å². The van der Waals surface area contributed by atoms with E-state index < -0.39 is 5.97 Å². The van der Waals surface area contributed by atoms with Gasteiger partial charge in [0.15, 0.2) is 0 Å². The average molecular weight is 200 g/mol. The predicted molar refractivity (Wildman–Crippen MR) is 49.8 cm³/mol. The molecule has 13 heavy (non-hydrogen) atoms. The van der Waals surface area contributed by atoms with Crippen molar-refractivity contribution in [3.63, 3.8) is 0 Å². The zero-order chi connectivity index (χ0) is 9.84. The second kappa shape index (κ2) is 4.23. The molecule has 1 rings (SSSR count). The summed E-state index contributed by atoms with van der Waals surface area (Å²) in [5.41, 5.74) is 0.276. The smallest absolute Gasteiger partial charge is 0.357 e. The van der Waals surface area contributed by atoms with E-state index in [-0.39, 0.29) is 11.8 Å². The molecule has 4 heteroatoms. The minimum atomic E-state index is -0.424. The average Bonchev–Trinajstić information content (AvgIpc) is 2.04. The molecule has 1 aromatic heterocycles. The van der Waals surface area contributed by atoms with Crippen molar-refractivity contribution in [1.82, 2.24) is 4.98 Å². The highest BCUT2D eigenvalue weighted by Crippen LogP contribution is 2.07. The van der Waals surface area contributed by atoms with Crippen LogP contribution in [0.2, 0.25) is 5.02 Å². The van der Waals surface area contributed by atoms with Gasteiger partial charge in [-0.1, -0.05) is 11.6 Å². The lowest BCUT2D eigenvalue weighted by atomic mass is 10.3. The Morgan fingerprint density at radius 3 is 2.69 bits per heavy atom. The van der Waals surface area contributed by atoms with Crippen molar-refractivity contribution in [1.29, 1.82) is 0 Å². The fourth-order valence-corrected chi connectivity index (χ4v) is 0.883. The number of esters is 1. The van der Waals surface area contributed by atoms with Gasteiger partial charge in [-0.2, -0.15) is 0 Å². The molecule has 1 heterocycles. The summed E-state index contributed by atoms with van der Waals surface area (Å²) < 4.78 is 4.93. The molecule has 0 saturated heterocycles. The summed E-state index contributed by atoms with van der Waals surface area (Å²) in [5, 5.41) is 0.501. The summed E-state index contributed by atoms with van der Waals surface area (Å²) >= 11 is 5.61. The molecule has 70 valence electrons. The molecule has 0 N–H and O–H groups in total. The largest absolute Gasteiger partial charge is 0.458 e. The van der Waals surface area contributed by atoms with E-state index in [9.17, 15) is 4.79 Å². The fraction of sp³-hybridized carbons (Fsp3) is 0.333. The highest BCUT2D eigenvalue weighted by atomic mass is 35.5. The quantitative estimate of drug-likeness (QED) is 0.687. The molecule has 3 nitrogen and oxygen atoms in total. The Labute approximate surface area is 81.7 Å². The van der Waals surface area contributed by atoms with Crippen molar-refractivity contribution >= 4 is 17.6 Å². The number of halogens is 1. The van der Waals surface area contributed by atoms with E-state index in [0.717, 1.165) is 0 Å². The van der Waals surface area contributed by atoms with Crippen LogP contribution in [0.4, 0.5) is 0 Å². The zero-order valence-electron chi connectivity index (χ0n) is 7.45. The van der Waals surface area contributed by atoms with E-state index in [1.807, 2.05) is 0 Å². The summed E-state index contributed by atoms with van der Waals surface area (Å²) in [6.45, 7) is 3.57. The van der Waals surface area contributed by atoms with Crippen LogP contribution < -0.4 is 0 Å². The molecule has 0 radical (unpaired) electrons. The SMILES string of the molecule is CC(C)OC(=O)c1ccc(Cl)cn1. The number of carbonyl (C=O) groups excluding carboxylic acids is 1. The molecule has 0 fully saturated rings. The molecule has 0 aromatic carbocycles. The van der Waals surface area contributed by atoms with Crippen molar-refractivity contribution in [3.8, 4) is 0 Å². The normalized spacial score (nSPS) is 10.2. The minimum Gasteiger partial charge on any atom is -0.458 e. The predicted octanol–water partition coefficient (Wildman–Crippen LogP) is 2.30. The molecule has 0 bridgehead atoms. The molecule has 0 aliphatic rings. The van der Waals surface area contributed by atoms with Gasteiger partial charge in [-0.05, 0) is 26.0 Å². The van der Waals surface area contributed by atoms with E-state index in [4.69, 9.17) is 16.3 Å². The van der Waals surface area contributed by atoms with Crippen LogP contribution in [0.5, 0.6) is 0 Å². The number of rotatable bonds is 2. The van der Waals surface area contributed by atoms with Crippen molar-refractivity contribution in [2.45, 2.75) is 20.0 Å². The van der Waals surface area contributed by atoms with Gasteiger partial charge < -0.3 is 4.74 Å². The highest BCUT2D eigenvalue weighted by Gasteiger charge is 2.09. The van der Waals surface area contributed by atoms with Crippen molar-refractivity contribution < 1.29 is 9.53 Å². The first-order chi connectivity index (χ1) is 6.09. The van der Waals surface area contributed by atoms with Crippen LogP contribution in [0.15, 0.2) is 18.3 Å². The number of hydrogen-bond acceptors (Lipinski definition) is 3. The van der Waals surface area contributed by atoms with Crippen LogP contribution in [0.25, 0.3) is 0 Å². The molecular formula is C9H10ClNO2. The summed E-state index contributed by atoms with van der Waals surface area (Å²) in [4.78, 5) is 15.1. The Bertz CT molecular complexity index is 295. The van der Waals surface area contributed by atoms with Crippen LogP contribution in [0.3, 0.4) is 0 Å². The first kappa shape index (κ1) is 9.99. The van der Waals surface area contributed by atoms with Gasteiger partial charge in [0.25, 0.3) is 0 Å². The molecule has 0 spiro atoms. The summed E-state index contributed by atoms with van der Waals surface area (Å²) in [5.74, 6) is -0.424. The van der Waals surface area contributed by atoms with Gasteiger partial charge in [-0.15, -0.1) is 0 Å². The lowest BCUT2D eigenvalue weighted by molar-refractivity contribution is 0.0371. The zero-order valence-corrected chi connectivity index (χ0v) is 8.21. The van der Waals surface area contributed by atoms with Gasteiger partial charge in [0.2, 0.25) is 0 Å². The van der Waals surface area contributed by atoms with E-state index in [1.165, 1.54) is 12.3 Å². The number of nitrogens with zero attached hydrogens (tertiary/aromatic N) is 1. The first-order valence-electron chi connectivity index (χ1n) is 3.92. The van der Waals surface area contributed by atoms with Crippen molar-refractivity contribution in [2.24, 2.45) is 0 Å². The summed E-state index contributed by atoms with van der Waals surface area (Å²) in [7, 11) is 0. The standard InChI is InChI=1S/C9H10ClNO2/c1-6(2)13-9(12)8-4-3-7(10)5-11-8/h3-6H,1-2H3. The Kier molecular flexibility index (Phi) is 3.25. The van der Waals surface area contributed by atoms with Gasteiger partial charge >= 0.3 is 5.97 Å². The number of ether oxygens (including phenoxy) is 1. The third kappa shape index (κ3) is 3.03. The molecule has 0 aliphatic carbocycles. The van der Waals surface area contributed by atoms with Crippen LogP contribution in [0.1, 0.15) is 24.3 Å². The number of hydrogen-bond donors (Lipinski definition) is 0. The van der Waals surface area contributed by atoms with Crippen LogP contribution in [0, 0.1) is 0 Å². The molecule has 0 atom stereocenters. The fourth-order valence-electron chi connectivity index (χ4n) is 0.771. The third-order valence-corrected chi connectivity index (χ3v) is 1.50.